The molecule has 14 heavy (non-hydrogen) atoms. The Hall–Kier alpha value is -0.810. The Bertz CT molecular complexity index is 250. The van der Waals surface area contributed by atoms with Crippen LogP contribution in [0.25, 0.3) is 10.4 Å². The van der Waals surface area contributed by atoms with Gasteiger partial charge < -0.3 is 15.2 Å². The van der Waals surface area contributed by atoms with Gasteiger partial charge in [0, 0.05) is 24.0 Å². The van der Waals surface area contributed by atoms with Crippen LogP contribution in [0.4, 0.5) is 0 Å². The molecule has 80 valence electrons. The number of hydrogen-bond donors (Lipinski definition) is 1. The molecule has 6 heteroatoms. The fraction of sp³-hybridized carbons (Fsp3) is 1.00. The Labute approximate surface area is 83.0 Å². The maximum atomic E-state index is 8.41. The zero-order valence-corrected chi connectivity index (χ0v) is 8.67. The number of ether oxygens (including phenoxy) is 2. The molecule has 0 spiro atoms. The molecular formula is C8H16N4O2. The molecule has 0 saturated carbocycles. The van der Waals surface area contributed by atoms with E-state index in [0.717, 1.165) is 0 Å². The van der Waals surface area contributed by atoms with Crippen molar-refractivity contribution in [3.05, 3.63) is 10.4 Å². The summed E-state index contributed by atoms with van der Waals surface area (Å²) in [6.07, 6.45) is -0.0120. The van der Waals surface area contributed by atoms with E-state index in [-0.39, 0.29) is 18.4 Å². The number of rotatable bonds is 2. The first-order valence-corrected chi connectivity index (χ1v) is 4.52. The summed E-state index contributed by atoms with van der Waals surface area (Å²) in [6.45, 7) is 3.67. The molecule has 1 saturated heterocycles. The highest BCUT2D eigenvalue weighted by Gasteiger charge is 2.42. The lowest BCUT2D eigenvalue weighted by molar-refractivity contribution is -0.196. The van der Waals surface area contributed by atoms with Crippen molar-refractivity contribution in [3.63, 3.8) is 0 Å². The lowest BCUT2D eigenvalue weighted by Crippen LogP contribution is -2.59. The Balaban J connectivity index is 2.82. The van der Waals surface area contributed by atoms with Gasteiger partial charge in [-0.05, 0) is 19.4 Å². The molecule has 1 rings (SSSR count). The predicted molar refractivity (Wildman–Crippen MR) is 51.5 cm³/mol. The summed E-state index contributed by atoms with van der Waals surface area (Å²) in [5.41, 5.74) is 13.9. The molecule has 0 aromatic rings. The molecule has 1 aliphatic heterocycles. The summed E-state index contributed by atoms with van der Waals surface area (Å²) in [5.74, 6) is 0. The summed E-state index contributed by atoms with van der Waals surface area (Å²) in [5, 5.41) is 3.66. The molecule has 4 atom stereocenters. The van der Waals surface area contributed by atoms with Gasteiger partial charge in [0.2, 0.25) is 0 Å². The second kappa shape index (κ2) is 4.14. The highest BCUT2D eigenvalue weighted by Crippen LogP contribution is 2.29. The van der Waals surface area contributed by atoms with Crippen molar-refractivity contribution >= 4 is 0 Å². The number of azide groups is 1. The minimum absolute atomic E-state index is 0.223. The molecule has 0 aliphatic carbocycles. The zero-order valence-electron chi connectivity index (χ0n) is 8.67. The third-order valence-corrected chi connectivity index (χ3v) is 2.53. The Morgan fingerprint density at radius 3 is 2.79 bits per heavy atom. The summed E-state index contributed by atoms with van der Waals surface area (Å²) in [4.78, 5) is 2.78. The highest BCUT2D eigenvalue weighted by molar-refractivity contribution is 4.99. The van der Waals surface area contributed by atoms with Crippen LogP contribution < -0.4 is 5.73 Å². The molecule has 0 amide bonds. The van der Waals surface area contributed by atoms with Gasteiger partial charge in [0.25, 0.3) is 0 Å². The van der Waals surface area contributed by atoms with Gasteiger partial charge in [0.15, 0.2) is 6.29 Å². The van der Waals surface area contributed by atoms with E-state index in [2.05, 4.69) is 10.0 Å². The van der Waals surface area contributed by atoms with Crippen molar-refractivity contribution in [2.24, 2.45) is 10.8 Å². The smallest absolute Gasteiger partial charge is 0.159 e. The SMILES string of the molecule is COC1CC(C)(N)C(N=[N+]=[N-])C(C)O1. The fourth-order valence-electron chi connectivity index (χ4n) is 1.80. The Morgan fingerprint density at radius 2 is 2.36 bits per heavy atom. The molecule has 0 radical (unpaired) electrons. The predicted octanol–water partition coefficient (Wildman–Crippen LogP) is 1.16. The van der Waals surface area contributed by atoms with Crippen molar-refractivity contribution in [3.8, 4) is 0 Å². The van der Waals surface area contributed by atoms with Gasteiger partial charge in [-0.1, -0.05) is 5.11 Å². The van der Waals surface area contributed by atoms with Gasteiger partial charge in [-0.2, -0.15) is 0 Å². The van der Waals surface area contributed by atoms with E-state index in [4.69, 9.17) is 20.7 Å². The van der Waals surface area contributed by atoms with Gasteiger partial charge in [0.05, 0.1) is 12.1 Å². The highest BCUT2D eigenvalue weighted by atomic mass is 16.7. The second-order valence-corrected chi connectivity index (χ2v) is 3.87. The lowest BCUT2D eigenvalue weighted by atomic mass is 9.84. The normalized spacial score (nSPS) is 43.0. The molecule has 1 aliphatic rings. The number of methoxy groups -OCH3 is 1. The molecule has 4 unspecified atom stereocenters. The maximum absolute atomic E-state index is 8.41. The first kappa shape index (κ1) is 11.3. The quantitative estimate of drug-likeness (QED) is 0.411. The summed E-state index contributed by atoms with van der Waals surface area (Å²) in [7, 11) is 1.57. The van der Waals surface area contributed by atoms with E-state index in [1.165, 1.54) is 0 Å². The van der Waals surface area contributed by atoms with E-state index in [0.29, 0.717) is 6.42 Å². The first-order chi connectivity index (χ1) is 6.51. The van der Waals surface area contributed by atoms with Gasteiger partial charge in [0.1, 0.15) is 0 Å². The van der Waals surface area contributed by atoms with Crippen LogP contribution in [0.5, 0.6) is 0 Å². The average molecular weight is 200 g/mol. The maximum Gasteiger partial charge on any atom is 0.159 e. The first-order valence-electron chi connectivity index (χ1n) is 4.52. The van der Waals surface area contributed by atoms with Gasteiger partial charge >= 0.3 is 0 Å². The lowest BCUT2D eigenvalue weighted by Gasteiger charge is -2.43. The van der Waals surface area contributed by atoms with Crippen molar-refractivity contribution in [1.29, 1.82) is 0 Å². The van der Waals surface area contributed by atoms with Gasteiger partial charge in [-0.15, -0.1) is 0 Å². The standard InChI is InChI=1S/C8H16N4O2/c1-5-7(11-12-10)8(2,9)4-6(13-3)14-5/h5-7H,4,9H2,1-3H3. The zero-order chi connectivity index (χ0) is 10.8. The van der Waals surface area contributed by atoms with E-state index < -0.39 is 5.54 Å². The van der Waals surface area contributed by atoms with Crippen LogP contribution in [0, 0.1) is 0 Å². The minimum Gasteiger partial charge on any atom is -0.356 e. The van der Waals surface area contributed by atoms with Crippen molar-refractivity contribution < 1.29 is 9.47 Å². The van der Waals surface area contributed by atoms with Crippen LogP contribution in [0.15, 0.2) is 5.11 Å². The van der Waals surface area contributed by atoms with Crippen molar-refractivity contribution in [1.82, 2.24) is 0 Å². The second-order valence-electron chi connectivity index (χ2n) is 3.87. The number of nitrogens with two attached hydrogens (primary N) is 1. The van der Waals surface area contributed by atoms with Gasteiger partial charge in [-0.3, -0.25) is 0 Å². The average Bonchev–Trinajstić information content (AvgIpc) is 2.10. The third kappa shape index (κ3) is 2.16. The summed E-state index contributed by atoms with van der Waals surface area (Å²) in [6, 6.07) is -0.348. The van der Waals surface area contributed by atoms with Crippen LogP contribution in [-0.4, -0.2) is 31.1 Å². The largest absolute Gasteiger partial charge is 0.356 e. The van der Waals surface area contributed by atoms with Crippen LogP contribution in [0.2, 0.25) is 0 Å². The van der Waals surface area contributed by atoms with Crippen LogP contribution in [-0.2, 0) is 9.47 Å². The molecule has 0 aromatic carbocycles. The topological polar surface area (TPSA) is 93.2 Å². The van der Waals surface area contributed by atoms with Crippen molar-refractivity contribution in [2.75, 3.05) is 7.11 Å². The number of nitrogens with zero attached hydrogens (tertiary/aromatic N) is 3. The molecule has 1 heterocycles. The molecule has 0 aromatic heterocycles. The van der Waals surface area contributed by atoms with Crippen molar-refractivity contribution in [2.45, 2.75) is 44.2 Å². The van der Waals surface area contributed by atoms with E-state index in [1.54, 1.807) is 7.11 Å². The molecule has 6 nitrogen and oxygen atoms in total. The molecule has 0 bridgehead atoms. The van der Waals surface area contributed by atoms with Crippen LogP contribution in [0.3, 0.4) is 0 Å². The number of hydrogen-bond acceptors (Lipinski definition) is 4. The molecule has 1 fully saturated rings. The summed E-state index contributed by atoms with van der Waals surface area (Å²) < 4.78 is 10.6. The van der Waals surface area contributed by atoms with E-state index >= 15 is 0 Å². The monoisotopic (exact) mass is 200 g/mol. The van der Waals surface area contributed by atoms with E-state index in [1.807, 2.05) is 13.8 Å². The molecular weight excluding hydrogens is 184 g/mol. The Morgan fingerprint density at radius 1 is 1.71 bits per heavy atom. The van der Waals surface area contributed by atoms with E-state index in [9.17, 15) is 0 Å². The van der Waals surface area contributed by atoms with Gasteiger partial charge in [-0.25, -0.2) is 0 Å². The molecule has 2 N–H and O–H groups in total. The summed E-state index contributed by atoms with van der Waals surface area (Å²) >= 11 is 0. The minimum atomic E-state index is -0.579. The third-order valence-electron chi connectivity index (χ3n) is 2.53. The fourth-order valence-corrected chi connectivity index (χ4v) is 1.80. The van der Waals surface area contributed by atoms with Crippen LogP contribution in [0.1, 0.15) is 20.3 Å². The van der Waals surface area contributed by atoms with Crippen LogP contribution >= 0.6 is 0 Å². The Kier molecular flexibility index (Phi) is 3.34.